The largest absolute Gasteiger partial charge is 0.459 e. The number of carbonyl (C=O) groups is 1. The molecule has 2 aliphatic carbocycles. The first kappa shape index (κ1) is 41.6. The summed E-state index contributed by atoms with van der Waals surface area (Å²) in [5.74, 6) is -0.893. The van der Waals surface area contributed by atoms with Gasteiger partial charge in [0.25, 0.3) is 11.6 Å². The highest BCUT2D eigenvalue weighted by molar-refractivity contribution is 6.04. The molecule has 3 aliphatic rings. The van der Waals surface area contributed by atoms with Crippen molar-refractivity contribution in [3.8, 4) is 17.2 Å². The van der Waals surface area contributed by atoms with E-state index in [1.54, 1.807) is 36.2 Å². The fourth-order valence-electron chi connectivity index (χ4n) is 9.40. The molecule has 1 amide bonds. The summed E-state index contributed by atoms with van der Waals surface area (Å²) in [6, 6.07) is 24.6. The van der Waals surface area contributed by atoms with E-state index in [0.29, 0.717) is 48.0 Å². The first-order valence-electron chi connectivity index (χ1n) is 20.6. The van der Waals surface area contributed by atoms with Gasteiger partial charge in [0.05, 0.1) is 29.2 Å². The van der Waals surface area contributed by atoms with Crippen LogP contribution >= 0.6 is 0 Å². The monoisotopic (exact) mass is 803 g/mol. The van der Waals surface area contributed by atoms with Crippen molar-refractivity contribution in [2.45, 2.75) is 69.6 Å². The molecule has 7 rings (SSSR count). The standard InChI is InChI=1S/C47H53N3O9/c1-4-25-56-47-43(49(3)46(53)34-20-19-31-13-6-7-14-32(31)26-34)30-41(48-57-5-2)39-27-33(15-8-10-23-51)38(18-9-11-24-52)44(45(39)47)40-29-37(21-22-42(40)59-47)58-36-17-12-16-35(28-36)50(54)55/h4,6-7,12-14,16-17,19-22,26-29,33,38,43-45,51-52H,1,5,8-11,15,18,23-25,30H2,2-3H3/t33-,38+,43-,44+,45+,47+/m0/s1. The first-order chi connectivity index (χ1) is 28.7. The van der Waals surface area contributed by atoms with Gasteiger partial charge < -0.3 is 34.2 Å². The average molecular weight is 804 g/mol. The Hall–Kier alpha value is -5.56. The number of nitro groups is 1. The molecule has 1 aliphatic heterocycles. The second kappa shape index (κ2) is 18.6. The van der Waals surface area contributed by atoms with Crippen LogP contribution in [-0.4, -0.2) is 77.0 Å². The molecule has 1 fully saturated rings. The van der Waals surface area contributed by atoms with Gasteiger partial charge in [0.15, 0.2) is 0 Å². The first-order valence-corrected chi connectivity index (χ1v) is 20.6. The van der Waals surface area contributed by atoms with Gasteiger partial charge in [-0.1, -0.05) is 66.5 Å². The number of nitrogens with zero attached hydrogens (tertiary/aromatic N) is 3. The number of fused-ring (bicyclic) bond motifs is 3. The molecule has 4 aromatic carbocycles. The molecule has 0 saturated heterocycles. The molecule has 0 radical (unpaired) electrons. The van der Waals surface area contributed by atoms with Gasteiger partial charge in [-0.3, -0.25) is 14.9 Å². The van der Waals surface area contributed by atoms with Crippen LogP contribution < -0.4 is 9.47 Å². The van der Waals surface area contributed by atoms with Crippen molar-refractivity contribution >= 4 is 28.1 Å². The molecular formula is C47H53N3O9. The number of rotatable bonds is 18. The Balaban J connectivity index is 1.41. The van der Waals surface area contributed by atoms with Crippen molar-refractivity contribution in [2.75, 3.05) is 33.5 Å². The van der Waals surface area contributed by atoms with Crippen molar-refractivity contribution in [1.29, 1.82) is 0 Å². The van der Waals surface area contributed by atoms with Crippen LogP contribution in [0.3, 0.4) is 0 Å². The van der Waals surface area contributed by atoms with E-state index >= 15 is 0 Å². The Morgan fingerprint density at radius 1 is 0.983 bits per heavy atom. The number of oxime groups is 1. The number of unbranched alkanes of at least 4 members (excludes halogenated alkanes) is 2. The number of hydrogen-bond donors (Lipinski definition) is 2. The zero-order chi connectivity index (χ0) is 41.5. The molecule has 59 heavy (non-hydrogen) atoms. The van der Waals surface area contributed by atoms with Crippen LogP contribution in [0.15, 0.2) is 114 Å². The van der Waals surface area contributed by atoms with Crippen LogP contribution in [0.1, 0.15) is 73.7 Å². The SMILES string of the molecule is C=CCO[C@@]12Oc3ccc(Oc4cccc([N+](=O)[O-])c4)cc3[C@H]3[C@H](CCCCO)[C@@H](CCCCO)C=C(C(=NOCC)C[C@@H]1N(C)C(=O)c1ccc4ccccc4c1)[C@H]32. The second-order valence-corrected chi connectivity index (χ2v) is 15.5. The van der Waals surface area contributed by atoms with Gasteiger partial charge in [-0.2, -0.15) is 0 Å². The van der Waals surface area contributed by atoms with Gasteiger partial charge in [0.1, 0.15) is 29.9 Å². The third kappa shape index (κ3) is 8.48. The number of amides is 1. The van der Waals surface area contributed by atoms with E-state index in [1.807, 2.05) is 61.5 Å². The number of aliphatic hydroxyl groups is 2. The number of non-ortho nitro benzene ring substituents is 1. The van der Waals surface area contributed by atoms with E-state index in [9.17, 15) is 25.1 Å². The second-order valence-electron chi connectivity index (χ2n) is 15.5. The molecule has 2 N–H and O–H groups in total. The summed E-state index contributed by atoms with van der Waals surface area (Å²) in [6.07, 6.45) is 8.72. The van der Waals surface area contributed by atoms with Crippen molar-refractivity contribution in [1.82, 2.24) is 4.90 Å². The minimum Gasteiger partial charge on any atom is -0.459 e. The fraction of sp³-hybridized carbons (Fsp3) is 0.404. The van der Waals surface area contributed by atoms with Crippen LogP contribution in [0.4, 0.5) is 5.69 Å². The summed E-state index contributed by atoms with van der Waals surface area (Å²) < 4.78 is 20.5. The van der Waals surface area contributed by atoms with E-state index in [4.69, 9.17) is 24.2 Å². The lowest BCUT2D eigenvalue weighted by Crippen LogP contribution is -2.69. The van der Waals surface area contributed by atoms with Crippen LogP contribution in [0.25, 0.3) is 10.8 Å². The Morgan fingerprint density at radius 2 is 1.75 bits per heavy atom. The number of benzene rings is 4. The zero-order valence-electron chi connectivity index (χ0n) is 33.7. The summed E-state index contributed by atoms with van der Waals surface area (Å²) in [4.78, 5) is 33.4. The summed E-state index contributed by atoms with van der Waals surface area (Å²) in [6.45, 7) is 6.53. The molecule has 1 heterocycles. The van der Waals surface area contributed by atoms with Gasteiger partial charge >= 0.3 is 0 Å². The molecule has 0 bridgehead atoms. The smallest absolute Gasteiger partial charge is 0.273 e. The van der Waals surface area contributed by atoms with E-state index in [-0.39, 0.29) is 55.6 Å². The molecule has 310 valence electrons. The van der Waals surface area contributed by atoms with Gasteiger partial charge in [-0.25, -0.2) is 0 Å². The van der Waals surface area contributed by atoms with Crippen LogP contribution in [-0.2, 0) is 9.57 Å². The van der Waals surface area contributed by atoms with Crippen molar-refractivity contribution in [3.05, 3.63) is 130 Å². The number of likely N-dealkylation sites (N-methyl/N-ethyl adjacent to an activating group) is 1. The Kier molecular flexibility index (Phi) is 13.1. The summed E-state index contributed by atoms with van der Waals surface area (Å²) >= 11 is 0. The van der Waals surface area contributed by atoms with Gasteiger partial charge in [-0.05, 0) is 97.2 Å². The minimum absolute atomic E-state index is 0.0185. The average Bonchev–Trinajstić information content (AvgIpc) is 3.25. The molecule has 4 aromatic rings. The highest BCUT2D eigenvalue weighted by atomic mass is 16.7. The molecule has 0 aromatic heterocycles. The number of aliphatic hydroxyl groups excluding tert-OH is 2. The molecular weight excluding hydrogens is 751 g/mol. The number of hydrogen-bond acceptors (Lipinski definition) is 10. The van der Waals surface area contributed by atoms with Crippen molar-refractivity contribution in [3.63, 3.8) is 0 Å². The van der Waals surface area contributed by atoms with Crippen molar-refractivity contribution < 1.29 is 39.0 Å². The molecule has 6 atom stereocenters. The maximum absolute atomic E-state index is 14.7. The third-order valence-corrected chi connectivity index (χ3v) is 12.0. The van der Waals surface area contributed by atoms with Crippen LogP contribution in [0, 0.1) is 27.9 Å². The maximum Gasteiger partial charge on any atom is 0.273 e. The third-order valence-electron chi connectivity index (χ3n) is 12.0. The van der Waals surface area contributed by atoms with E-state index in [2.05, 4.69) is 12.7 Å². The van der Waals surface area contributed by atoms with E-state index in [1.165, 1.54) is 12.1 Å². The fourth-order valence-corrected chi connectivity index (χ4v) is 9.40. The van der Waals surface area contributed by atoms with Crippen LogP contribution in [0.2, 0.25) is 0 Å². The van der Waals surface area contributed by atoms with Crippen molar-refractivity contribution in [2.24, 2.45) is 22.9 Å². The number of ether oxygens (including phenoxy) is 3. The highest BCUT2D eigenvalue weighted by Crippen LogP contribution is 2.62. The predicted octanol–water partition coefficient (Wildman–Crippen LogP) is 8.97. The topological polar surface area (TPSA) is 153 Å². The summed E-state index contributed by atoms with van der Waals surface area (Å²) in [5.41, 5.74) is 2.96. The minimum atomic E-state index is -1.40. The van der Waals surface area contributed by atoms with Gasteiger partial charge in [0.2, 0.25) is 5.79 Å². The van der Waals surface area contributed by atoms with Gasteiger partial charge in [0, 0.05) is 49.8 Å². The summed E-state index contributed by atoms with van der Waals surface area (Å²) in [7, 11) is 1.79. The number of carbonyl (C=O) groups excluding carboxylic acids is 1. The lowest BCUT2D eigenvalue weighted by molar-refractivity contribution is -0.384. The Labute approximate surface area is 344 Å². The highest BCUT2D eigenvalue weighted by Gasteiger charge is 2.65. The maximum atomic E-state index is 14.7. The normalized spacial score (nSPS) is 23.7. The van der Waals surface area contributed by atoms with E-state index < -0.39 is 22.7 Å². The lowest BCUT2D eigenvalue weighted by Gasteiger charge is -2.59. The Morgan fingerprint density at radius 3 is 2.49 bits per heavy atom. The number of nitro benzene ring substituents is 1. The molecule has 12 nitrogen and oxygen atoms in total. The predicted molar refractivity (Wildman–Crippen MR) is 226 cm³/mol. The molecule has 12 heteroatoms. The summed E-state index contributed by atoms with van der Waals surface area (Å²) in [5, 5.41) is 38.1. The van der Waals surface area contributed by atoms with Gasteiger partial charge in [-0.15, -0.1) is 6.58 Å². The van der Waals surface area contributed by atoms with Crippen LogP contribution in [0.5, 0.6) is 17.2 Å². The zero-order valence-corrected chi connectivity index (χ0v) is 33.7. The molecule has 0 spiro atoms. The Bertz CT molecular complexity index is 2220. The molecule has 1 saturated carbocycles. The quantitative estimate of drug-likeness (QED) is 0.0434. The van der Waals surface area contributed by atoms with E-state index in [0.717, 1.165) is 47.6 Å². The lowest BCUT2D eigenvalue weighted by atomic mass is 9.55. The molecule has 0 unspecified atom stereocenters. The number of allylic oxidation sites excluding steroid dienone is 1.